The lowest BCUT2D eigenvalue weighted by atomic mass is 10.2. The summed E-state index contributed by atoms with van der Waals surface area (Å²) in [6.45, 7) is -0.784. The van der Waals surface area contributed by atoms with Crippen LogP contribution in [0.4, 0.5) is 5.69 Å². The van der Waals surface area contributed by atoms with Crippen LogP contribution in [0.15, 0.2) is 59.5 Å². The largest absolute Gasteiger partial charge is 0.497 e. The van der Waals surface area contributed by atoms with Crippen molar-refractivity contribution in [3.05, 3.63) is 65.1 Å². The maximum absolute atomic E-state index is 12.7. The van der Waals surface area contributed by atoms with E-state index in [2.05, 4.69) is 0 Å². The fourth-order valence-corrected chi connectivity index (χ4v) is 3.95. The van der Waals surface area contributed by atoms with Crippen LogP contribution in [0.3, 0.4) is 0 Å². The predicted octanol–water partition coefficient (Wildman–Crippen LogP) is 3.10. The van der Waals surface area contributed by atoms with E-state index in [4.69, 9.17) is 21.7 Å². The first kappa shape index (κ1) is 22.5. The highest BCUT2D eigenvalue weighted by molar-refractivity contribution is 8.26. The van der Waals surface area contributed by atoms with E-state index >= 15 is 0 Å². The molecule has 3 rings (SSSR count). The molecule has 1 aliphatic heterocycles. The van der Waals surface area contributed by atoms with E-state index in [1.165, 1.54) is 9.80 Å². The first-order chi connectivity index (χ1) is 14.9. The third kappa shape index (κ3) is 5.71. The molecule has 1 heterocycles. The number of esters is 1. The van der Waals surface area contributed by atoms with Crippen LogP contribution in [0.2, 0.25) is 0 Å². The standard InChI is InChI=1S/C22H20N2O5S2/c1-23(16-6-4-3-5-7-16)19(25)14-29-20(26)13-24-21(27)18(31-22(24)30)12-15-8-10-17(28-2)11-9-15/h3-12H,13-14H2,1-2H3. The van der Waals surface area contributed by atoms with Gasteiger partial charge in [-0.1, -0.05) is 54.3 Å². The Balaban J connectivity index is 1.56. The summed E-state index contributed by atoms with van der Waals surface area (Å²) in [6.07, 6.45) is 1.70. The van der Waals surface area contributed by atoms with Crippen LogP contribution in [0.25, 0.3) is 6.08 Å². The minimum absolute atomic E-state index is 0.259. The monoisotopic (exact) mass is 456 g/mol. The zero-order valence-corrected chi connectivity index (χ0v) is 18.6. The van der Waals surface area contributed by atoms with Crippen LogP contribution in [-0.4, -0.2) is 54.3 Å². The van der Waals surface area contributed by atoms with E-state index in [-0.39, 0.29) is 22.7 Å². The van der Waals surface area contributed by atoms with Gasteiger partial charge in [-0.15, -0.1) is 0 Å². The Morgan fingerprint density at radius 1 is 1.13 bits per heavy atom. The van der Waals surface area contributed by atoms with Crippen molar-refractivity contribution in [2.75, 3.05) is 32.2 Å². The second-order valence-electron chi connectivity index (χ2n) is 6.49. The summed E-state index contributed by atoms with van der Waals surface area (Å²) in [5, 5.41) is 0. The Bertz CT molecular complexity index is 1020. The molecule has 160 valence electrons. The van der Waals surface area contributed by atoms with E-state index in [0.717, 1.165) is 17.3 Å². The third-order valence-electron chi connectivity index (χ3n) is 4.45. The molecule has 0 aliphatic carbocycles. The summed E-state index contributed by atoms with van der Waals surface area (Å²) in [4.78, 5) is 40.1. The van der Waals surface area contributed by atoms with Gasteiger partial charge in [-0.05, 0) is 35.9 Å². The van der Waals surface area contributed by atoms with Crippen LogP contribution in [0.5, 0.6) is 5.75 Å². The Labute approximate surface area is 189 Å². The number of rotatable bonds is 7. The Hall–Kier alpha value is -3.17. The Kier molecular flexibility index (Phi) is 7.43. The average molecular weight is 457 g/mol. The van der Waals surface area contributed by atoms with E-state index in [0.29, 0.717) is 16.3 Å². The number of thioether (sulfide) groups is 1. The molecule has 0 radical (unpaired) electrons. The summed E-state index contributed by atoms with van der Waals surface area (Å²) < 4.78 is 10.4. The van der Waals surface area contributed by atoms with Crippen molar-refractivity contribution in [3.8, 4) is 5.75 Å². The highest BCUT2D eigenvalue weighted by Crippen LogP contribution is 2.32. The molecule has 0 saturated carbocycles. The number of benzene rings is 2. The Morgan fingerprint density at radius 2 is 1.81 bits per heavy atom. The number of nitrogens with zero attached hydrogens (tertiary/aromatic N) is 2. The highest BCUT2D eigenvalue weighted by atomic mass is 32.2. The topological polar surface area (TPSA) is 76.2 Å². The first-order valence-corrected chi connectivity index (χ1v) is 10.5. The molecule has 2 aromatic carbocycles. The van der Waals surface area contributed by atoms with Gasteiger partial charge < -0.3 is 14.4 Å². The number of hydrogen-bond donors (Lipinski definition) is 0. The van der Waals surface area contributed by atoms with E-state index in [9.17, 15) is 14.4 Å². The van der Waals surface area contributed by atoms with E-state index in [1.807, 2.05) is 18.2 Å². The number of carbonyl (C=O) groups is 3. The molecule has 7 nitrogen and oxygen atoms in total. The third-order valence-corrected chi connectivity index (χ3v) is 5.83. The van der Waals surface area contributed by atoms with Crippen LogP contribution in [0, 0.1) is 0 Å². The second-order valence-corrected chi connectivity index (χ2v) is 8.17. The van der Waals surface area contributed by atoms with Gasteiger partial charge in [-0.25, -0.2) is 0 Å². The normalized spacial score (nSPS) is 14.6. The summed E-state index contributed by atoms with van der Waals surface area (Å²) in [5.41, 5.74) is 1.49. The molecular weight excluding hydrogens is 436 g/mol. The van der Waals surface area contributed by atoms with Gasteiger partial charge in [-0.3, -0.25) is 19.3 Å². The minimum atomic E-state index is -0.711. The number of methoxy groups -OCH3 is 1. The van der Waals surface area contributed by atoms with Gasteiger partial charge in [0, 0.05) is 12.7 Å². The lowest BCUT2D eigenvalue weighted by Crippen LogP contribution is -2.36. The smallest absolute Gasteiger partial charge is 0.326 e. The van der Waals surface area contributed by atoms with Crippen molar-refractivity contribution in [2.45, 2.75) is 0 Å². The molecule has 1 fully saturated rings. The summed E-state index contributed by atoms with van der Waals surface area (Å²) in [7, 11) is 3.17. The Morgan fingerprint density at radius 3 is 2.45 bits per heavy atom. The van der Waals surface area contributed by atoms with Crippen LogP contribution < -0.4 is 9.64 Å². The van der Waals surface area contributed by atoms with Crippen molar-refractivity contribution < 1.29 is 23.9 Å². The van der Waals surface area contributed by atoms with Crippen molar-refractivity contribution in [1.82, 2.24) is 4.90 Å². The number of carbonyl (C=O) groups excluding carboxylic acids is 3. The van der Waals surface area contributed by atoms with Gasteiger partial charge in [-0.2, -0.15) is 0 Å². The highest BCUT2D eigenvalue weighted by Gasteiger charge is 2.34. The van der Waals surface area contributed by atoms with Gasteiger partial charge in [0.05, 0.1) is 12.0 Å². The molecule has 9 heteroatoms. The number of thiocarbonyl (C=S) groups is 1. The molecule has 0 atom stereocenters. The number of para-hydroxylation sites is 1. The molecule has 0 bridgehead atoms. The first-order valence-electron chi connectivity index (χ1n) is 9.25. The van der Waals surface area contributed by atoms with Crippen molar-refractivity contribution in [1.29, 1.82) is 0 Å². The summed E-state index contributed by atoms with van der Waals surface area (Å²) >= 11 is 6.34. The average Bonchev–Trinajstić information content (AvgIpc) is 3.05. The lowest BCUT2D eigenvalue weighted by Gasteiger charge is -2.18. The number of anilines is 1. The maximum atomic E-state index is 12.7. The van der Waals surface area contributed by atoms with Gasteiger partial charge in [0.2, 0.25) is 0 Å². The molecule has 0 N–H and O–H groups in total. The molecule has 31 heavy (non-hydrogen) atoms. The molecule has 2 amide bonds. The number of likely N-dealkylation sites (N-methyl/N-ethyl adjacent to an activating group) is 1. The number of ether oxygens (including phenoxy) is 2. The van der Waals surface area contributed by atoms with Crippen molar-refractivity contribution in [2.24, 2.45) is 0 Å². The quantitative estimate of drug-likeness (QED) is 0.360. The van der Waals surface area contributed by atoms with Crippen LogP contribution >= 0.6 is 24.0 Å². The fraction of sp³-hybridized carbons (Fsp3) is 0.182. The molecule has 0 aromatic heterocycles. The zero-order chi connectivity index (χ0) is 22.4. The van der Waals surface area contributed by atoms with Gasteiger partial charge in [0.15, 0.2) is 6.61 Å². The molecule has 0 spiro atoms. The van der Waals surface area contributed by atoms with Crippen molar-refractivity contribution >= 4 is 57.8 Å². The molecule has 2 aromatic rings. The number of amides is 2. The fourth-order valence-electron chi connectivity index (χ4n) is 2.70. The van der Waals surface area contributed by atoms with Crippen LogP contribution in [-0.2, 0) is 19.1 Å². The van der Waals surface area contributed by atoms with Gasteiger partial charge >= 0.3 is 5.97 Å². The van der Waals surface area contributed by atoms with Crippen molar-refractivity contribution in [3.63, 3.8) is 0 Å². The minimum Gasteiger partial charge on any atom is -0.497 e. The van der Waals surface area contributed by atoms with Crippen LogP contribution in [0.1, 0.15) is 5.56 Å². The lowest BCUT2D eigenvalue weighted by molar-refractivity contribution is -0.149. The SMILES string of the molecule is COc1ccc(C=C2SC(=S)N(CC(=O)OCC(=O)N(C)c3ccccc3)C2=O)cc1. The molecular formula is C22H20N2O5S2. The number of hydrogen-bond acceptors (Lipinski definition) is 7. The molecule has 1 aliphatic rings. The maximum Gasteiger partial charge on any atom is 0.326 e. The zero-order valence-electron chi connectivity index (χ0n) is 16.9. The van der Waals surface area contributed by atoms with E-state index < -0.39 is 12.6 Å². The molecule has 1 saturated heterocycles. The molecule has 0 unspecified atom stereocenters. The second kappa shape index (κ2) is 10.2. The van der Waals surface area contributed by atoms with Gasteiger partial charge in [0.1, 0.15) is 16.6 Å². The summed E-state index contributed by atoms with van der Waals surface area (Å²) in [5.74, 6) is -0.767. The predicted molar refractivity (Wildman–Crippen MR) is 124 cm³/mol. The van der Waals surface area contributed by atoms with Gasteiger partial charge in [0.25, 0.3) is 11.8 Å². The summed E-state index contributed by atoms with van der Waals surface area (Å²) in [6, 6.07) is 16.2. The van der Waals surface area contributed by atoms with E-state index in [1.54, 1.807) is 56.6 Å².